The topological polar surface area (TPSA) is 103 Å². The van der Waals surface area contributed by atoms with Gasteiger partial charge in [0.05, 0.1) is 7.11 Å². The Morgan fingerprint density at radius 2 is 1.79 bits per heavy atom. The molecule has 1 fully saturated rings. The molecule has 1 saturated heterocycles. The number of carbonyl (C=O) groups excluding carboxylic acids is 1. The summed E-state index contributed by atoms with van der Waals surface area (Å²) in [4.78, 5) is 51.7. The number of methoxy groups -OCH3 is 1. The van der Waals surface area contributed by atoms with Crippen LogP contribution in [0.1, 0.15) is 13.3 Å². The lowest BCUT2D eigenvalue weighted by Gasteiger charge is -2.34. The smallest absolute Gasteiger partial charge is 0.332 e. The number of aryl methyl sites for hydroxylation is 1. The molecule has 0 N–H and O–H groups in total. The number of rotatable bonds is 6. The number of carbonyl (C=O) groups is 1. The number of fused-ring (bicyclic) bond motifs is 1. The fourth-order valence-electron chi connectivity index (χ4n) is 4.07. The minimum absolute atomic E-state index is 0.190. The average molecular weight is 453 g/mol. The van der Waals surface area contributed by atoms with Crippen molar-refractivity contribution in [2.75, 3.05) is 39.8 Å². The van der Waals surface area contributed by atoms with Crippen LogP contribution >= 0.6 is 0 Å². The number of piperazine rings is 1. The number of aromatic nitrogens is 4. The number of amides is 1. The SMILES string of the molecule is CCCN1CCN(C(=O)Cn2c(=O)c3cnc(-c4ccc(OC)cc4)nc3n(C)c2=O)CC1. The largest absolute Gasteiger partial charge is 0.497 e. The molecule has 0 unspecified atom stereocenters. The van der Waals surface area contributed by atoms with Crippen molar-refractivity contribution >= 4 is 16.9 Å². The zero-order valence-corrected chi connectivity index (χ0v) is 19.2. The fraction of sp³-hybridized carbons (Fsp3) is 0.435. The Labute approximate surface area is 191 Å². The summed E-state index contributed by atoms with van der Waals surface area (Å²) < 4.78 is 7.43. The van der Waals surface area contributed by atoms with Crippen molar-refractivity contribution in [3.8, 4) is 17.1 Å². The normalized spacial score (nSPS) is 14.6. The van der Waals surface area contributed by atoms with Crippen molar-refractivity contribution in [3.05, 3.63) is 51.3 Å². The van der Waals surface area contributed by atoms with Crippen LogP contribution in [-0.4, -0.2) is 74.6 Å². The minimum atomic E-state index is -0.579. The first-order valence-electron chi connectivity index (χ1n) is 11.0. The second-order valence-electron chi connectivity index (χ2n) is 8.11. The van der Waals surface area contributed by atoms with Gasteiger partial charge in [0.25, 0.3) is 5.56 Å². The van der Waals surface area contributed by atoms with Crippen LogP contribution in [0, 0.1) is 0 Å². The Kier molecular flexibility index (Phi) is 6.55. The Bertz CT molecular complexity index is 1270. The highest BCUT2D eigenvalue weighted by molar-refractivity contribution is 5.78. The van der Waals surface area contributed by atoms with Gasteiger partial charge >= 0.3 is 5.69 Å². The zero-order valence-electron chi connectivity index (χ0n) is 19.2. The number of benzene rings is 1. The number of ether oxygens (including phenoxy) is 1. The van der Waals surface area contributed by atoms with E-state index in [9.17, 15) is 14.4 Å². The van der Waals surface area contributed by atoms with Crippen LogP contribution in [0.5, 0.6) is 5.75 Å². The Balaban J connectivity index is 1.62. The molecule has 0 bridgehead atoms. The van der Waals surface area contributed by atoms with Gasteiger partial charge in [-0.25, -0.2) is 14.8 Å². The van der Waals surface area contributed by atoms with Gasteiger partial charge in [-0.3, -0.25) is 23.6 Å². The predicted octanol–water partition coefficient (Wildman–Crippen LogP) is 0.720. The highest BCUT2D eigenvalue weighted by Gasteiger charge is 2.23. The van der Waals surface area contributed by atoms with Crippen LogP contribution in [0.4, 0.5) is 0 Å². The van der Waals surface area contributed by atoms with Gasteiger partial charge in [0.2, 0.25) is 5.91 Å². The first kappa shape index (κ1) is 22.7. The van der Waals surface area contributed by atoms with Crippen LogP contribution < -0.4 is 16.0 Å². The van der Waals surface area contributed by atoms with E-state index in [2.05, 4.69) is 21.8 Å². The molecule has 33 heavy (non-hydrogen) atoms. The van der Waals surface area contributed by atoms with Gasteiger partial charge in [0.15, 0.2) is 11.5 Å². The lowest BCUT2D eigenvalue weighted by atomic mass is 10.2. The molecule has 3 heterocycles. The summed E-state index contributed by atoms with van der Waals surface area (Å²) in [6, 6.07) is 7.18. The van der Waals surface area contributed by atoms with Crippen molar-refractivity contribution in [2.24, 2.45) is 7.05 Å². The van der Waals surface area contributed by atoms with E-state index in [0.29, 0.717) is 24.7 Å². The molecule has 0 spiro atoms. The summed E-state index contributed by atoms with van der Waals surface area (Å²) in [5.41, 5.74) is -0.188. The van der Waals surface area contributed by atoms with Crippen LogP contribution in [0.3, 0.4) is 0 Å². The van der Waals surface area contributed by atoms with Crippen molar-refractivity contribution in [1.29, 1.82) is 0 Å². The first-order chi connectivity index (χ1) is 15.9. The third kappa shape index (κ3) is 4.51. The van der Waals surface area contributed by atoms with Gasteiger partial charge in [0.1, 0.15) is 17.7 Å². The molecule has 4 rings (SSSR count). The highest BCUT2D eigenvalue weighted by atomic mass is 16.5. The molecule has 174 valence electrons. The maximum absolute atomic E-state index is 13.1. The zero-order chi connectivity index (χ0) is 23.5. The second kappa shape index (κ2) is 9.53. The summed E-state index contributed by atoms with van der Waals surface area (Å²) in [5.74, 6) is 0.852. The molecular weight excluding hydrogens is 424 g/mol. The number of nitrogens with zero attached hydrogens (tertiary/aromatic N) is 6. The van der Waals surface area contributed by atoms with E-state index in [0.717, 1.165) is 36.2 Å². The lowest BCUT2D eigenvalue weighted by Crippen LogP contribution is -2.51. The standard InChI is InChI=1S/C23H28N6O4/c1-4-9-27-10-12-28(13-11-27)19(30)15-29-22(31)18-14-24-20(25-21(18)26(2)23(29)32)16-5-7-17(33-3)8-6-16/h5-8,14H,4,9-13,15H2,1-3H3. The number of hydrogen-bond donors (Lipinski definition) is 0. The lowest BCUT2D eigenvalue weighted by molar-refractivity contribution is -0.133. The van der Waals surface area contributed by atoms with E-state index >= 15 is 0 Å². The third-order valence-electron chi connectivity index (χ3n) is 5.99. The molecular formula is C23H28N6O4. The van der Waals surface area contributed by atoms with Gasteiger partial charge in [-0.1, -0.05) is 6.92 Å². The van der Waals surface area contributed by atoms with Crippen molar-refractivity contribution in [1.82, 2.24) is 28.9 Å². The van der Waals surface area contributed by atoms with Crippen LogP contribution in [0.15, 0.2) is 40.1 Å². The van der Waals surface area contributed by atoms with E-state index in [-0.39, 0.29) is 23.5 Å². The molecule has 1 aliphatic heterocycles. The van der Waals surface area contributed by atoms with E-state index in [1.54, 1.807) is 43.3 Å². The van der Waals surface area contributed by atoms with Gasteiger partial charge < -0.3 is 9.64 Å². The molecule has 1 aromatic carbocycles. The first-order valence-corrected chi connectivity index (χ1v) is 11.0. The summed E-state index contributed by atoms with van der Waals surface area (Å²) in [6.45, 7) is 5.62. The molecule has 2 aromatic heterocycles. The maximum Gasteiger partial charge on any atom is 0.332 e. The monoisotopic (exact) mass is 452 g/mol. The van der Waals surface area contributed by atoms with Crippen LogP contribution in [-0.2, 0) is 18.4 Å². The predicted molar refractivity (Wildman–Crippen MR) is 124 cm³/mol. The van der Waals surface area contributed by atoms with Gasteiger partial charge in [-0.2, -0.15) is 0 Å². The quantitative estimate of drug-likeness (QED) is 0.543. The Morgan fingerprint density at radius 1 is 1.09 bits per heavy atom. The van der Waals surface area contributed by atoms with Crippen molar-refractivity contribution < 1.29 is 9.53 Å². The second-order valence-corrected chi connectivity index (χ2v) is 8.11. The summed E-state index contributed by atoms with van der Waals surface area (Å²) in [5, 5.41) is 0.190. The maximum atomic E-state index is 13.1. The summed E-state index contributed by atoms with van der Waals surface area (Å²) in [6.07, 6.45) is 2.48. The average Bonchev–Trinajstić information content (AvgIpc) is 2.85. The number of hydrogen-bond acceptors (Lipinski definition) is 7. The van der Waals surface area contributed by atoms with Crippen molar-refractivity contribution in [3.63, 3.8) is 0 Å². The van der Waals surface area contributed by atoms with Crippen LogP contribution in [0.25, 0.3) is 22.4 Å². The molecule has 0 radical (unpaired) electrons. The Hall–Kier alpha value is -3.53. The van der Waals surface area contributed by atoms with Crippen LogP contribution in [0.2, 0.25) is 0 Å². The van der Waals surface area contributed by atoms with Gasteiger partial charge in [0, 0.05) is 45.0 Å². The molecule has 1 amide bonds. The van der Waals surface area contributed by atoms with E-state index in [1.165, 1.54) is 10.8 Å². The third-order valence-corrected chi connectivity index (χ3v) is 5.99. The molecule has 1 aliphatic rings. The van der Waals surface area contributed by atoms with E-state index in [1.807, 2.05) is 0 Å². The molecule has 0 aliphatic carbocycles. The molecule has 0 saturated carbocycles. The summed E-state index contributed by atoms with van der Waals surface area (Å²) >= 11 is 0. The van der Waals surface area contributed by atoms with Crippen molar-refractivity contribution in [2.45, 2.75) is 19.9 Å². The van der Waals surface area contributed by atoms with Gasteiger partial charge in [-0.05, 0) is 37.2 Å². The van der Waals surface area contributed by atoms with E-state index in [4.69, 9.17) is 4.74 Å². The molecule has 10 nitrogen and oxygen atoms in total. The fourth-order valence-corrected chi connectivity index (χ4v) is 4.07. The molecule has 10 heteroatoms. The van der Waals surface area contributed by atoms with E-state index < -0.39 is 11.2 Å². The molecule has 3 aromatic rings. The highest BCUT2D eigenvalue weighted by Crippen LogP contribution is 2.20. The minimum Gasteiger partial charge on any atom is -0.497 e. The Morgan fingerprint density at radius 3 is 2.42 bits per heavy atom. The summed E-state index contributed by atoms with van der Waals surface area (Å²) in [7, 11) is 3.12. The van der Waals surface area contributed by atoms with Gasteiger partial charge in [-0.15, -0.1) is 0 Å². The molecule has 0 atom stereocenters.